The van der Waals surface area contributed by atoms with Crippen LogP contribution in [-0.4, -0.2) is 62.0 Å². The maximum atomic E-state index is 10.2. The van der Waals surface area contributed by atoms with Crippen molar-refractivity contribution in [3.05, 3.63) is 0 Å². The summed E-state index contributed by atoms with van der Waals surface area (Å²) in [5, 5.41) is 20.4. The fourth-order valence-electron chi connectivity index (χ4n) is 1.13. The van der Waals surface area contributed by atoms with Gasteiger partial charge < -0.3 is 29.6 Å². The minimum Gasteiger partial charge on any atom is -0.550 e. The summed E-state index contributed by atoms with van der Waals surface area (Å²) in [7, 11) is 3.63. The Morgan fingerprint density at radius 1 is 0.778 bits per heavy atom. The predicted molar refractivity (Wildman–Crippen MR) is 54.2 cm³/mol. The van der Waals surface area contributed by atoms with Crippen LogP contribution in [0.1, 0.15) is 12.8 Å². The first kappa shape index (κ1) is 23.9. The Kier molecular flexibility index (Phi) is 19.0. The van der Waals surface area contributed by atoms with Gasteiger partial charge in [0, 0.05) is 38.1 Å². The van der Waals surface area contributed by atoms with Crippen LogP contribution in [0.15, 0.2) is 0 Å². The molecule has 0 saturated heterocycles. The molecule has 0 bridgehead atoms. The first-order valence-electron chi connectivity index (χ1n) is 5.18. The Labute approximate surface area is 152 Å². The molecule has 18 heavy (non-hydrogen) atoms. The van der Waals surface area contributed by atoms with Gasteiger partial charge in [0.2, 0.25) is 0 Å². The van der Waals surface area contributed by atoms with Crippen LogP contribution < -0.4 is 69.3 Å². The zero-order chi connectivity index (χ0) is 12.6. The first-order chi connectivity index (χ1) is 7.41. The Hall–Kier alpha value is 0.860. The summed E-state index contributed by atoms with van der Waals surface area (Å²) in [6, 6.07) is 0. The van der Waals surface area contributed by atoms with Gasteiger partial charge in [-0.15, -0.1) is 0 Å². The van der Waals surface area contributed by atoms with E-state index in [1.165, 1.54) is 0 Å². The number of aliphatic carboxylic acids is 2. The third kappa shape index (κ3) is 16.9. The third-order valence-electron chi connectivity index (χ3n) is 2.26. The van der Waals surface area contributed by atoms with Gasteiger partial charge in [0.15, 0.2) is 0 Å². The van der Waals surface area contributed by atoms with Gasteiger partial charge in [0.05, 0.1) is 0 Å². The van der Waals surface area contributed by atoms with Gasteiger partial charge >= 0.3 is 59.1 Å². The molecule has 0 unspecified atom stereocenters. The molecule has 0 N–H and O–H groups in total. The predicted octanol–water partition coefficient (Wildman–Crippen LogP) is -8.86. The van der Waals surface area contributed by atoms with E-state index in [1.807, 2.05) is 23.9 Å². The molecule has 0 aromatic carbocycles. The monoisotopic (exact) mass is 276 g/mol. The van der Waals surface area contributed by atoms with Crippen molar-refractivity contribution in [3.8, 4) is 0 Å². The van der Waals surface area contributed by atoms with E-state index in [-0.39, 0.29) is 72.0 Å². The van der Waals surface area contributed by atoms with Crippen LogP contribution in [0.25, 0.3) is 0 Å². The van der Waals surface area contributed by atoms with Gasteiger partial charge in [-0.1, -0.05) is 0 Å². The molecule has 0 amide bonds. The maximum Gasteiger partial charge on any atom is 1.00 e. The van der Waals surface area contributed by atoms with Crippen LogP contribution in [-0.2, 0) is 9.59 Å². The van der Waals surface area contributed by atoms with E-state index in [9.17, 15) is 19.8 Å². The summed E-state index contributed by atoms with van der Waals surface area (Å²) < 4.78 is 0. The topological polar surface area (TPSA) is 86.7 Å². The molecule has 0 spiro atoms. The van der Waals surface area contributed by atoms with Crippen molar-refractivity contribution in [2.45, 2.75) is 12.8 Å². The Morgan fingerprint density at radius 3 is 1.28 bits per heavy atom. The third-order valence-corrected chi connectivity index (χ3v) is 2.26. The second kappa shape index (κ2) is 14.3. The number of nitrogens with zero attached hydrogens (tertiary/aromatic N) is 2. The molecule has 0 aliphatic heterocycles. The number of rotatable bonds is 9. The second-order valence-electron chi connectivity index (χ2n) is 3.85. The zero-order valence-corrected chi connectivity index (χ0v) is 15.8. The molecule has 0 aliphatic carbocycles. The largest absolute Gasteiger partial charge is 1.00 e. The maximum absolute atomic E-state index is 10.2. The summed E-state index contributed by atoms with van der Waals surface area (Å²) in [4.78, 5) is 24.1. The molecule has 0 atom stereocenters. The summed E-state index contributed by atoms with van der Waals surface area (Å²) in [5.74, 6) is -2.12. The van der Waals surface area contributed by atoms with E-state index in [2.05, 4.69) is 0 Å². The number of hydrogen-bond donors (Lipinski definition) is 0. The van der Waals surface area contributed by atoms with Crippen molar-refractivity contribution in [1.82, 2.24) is 9.80 Å². The summed E-state index contributed by atoms with van der Waals surface area (Å²) in [5.41, 5.74) is 0. The normalized spacial score (nSPS) is 9.78. The van der Waals surface area contributed by atoms with E-state index in [0.717, 1.165) is 0 Å². The average molecular weight is 276 g/mol. The minimum absolute atomic E-state index is 0. The van der Waals surface area contributed by atoms with E-state index >= 15 is 0 Å². The molecule has 0 heterocycles. The smallest absolute Gasteiger partial charge is 0.550 e. The Balaban J connectivity index is -0.00000112. The molecule has 0 rings (SSSR count). The van der Waals surface area contributed by atoms with Gasteiger partial charge in [0.1, 0.15) is 0 Å². The van der Waals surface area contributed by atoms with Crippen LogP contribution in [0.2, 0.25) is 0 Å². The summed E-state index contributed by atoms with van der Waals surface area (Å²) >= 11 is 0. The van der Waals surface area contributed by atoms with Crippen molar-refractivity contribution in [2.24, 2.45) is 0 Å². The van der Waals surface area contributed by atoms with Crippen LogP contribution in [0.3, 0.4) is 0 Å². The molecule has 6 nitrogen and oxygen atoms in total. The van der Waals surface area contributed by atoms with Crippen molar-refractivity contribution in [3.63, 3.8) is 0 Å². The molecular formula is C10H18N2Na2O4. The number of hydrogen-bond acceptors (Lipinski definition) is 6. The quantitative estimate of drug-likeness (QED) is 0.389. The molecule has 0 aromatic heterocycles. The van der Waals surface area contributed by atoms with E-state index in [4.69, 9.17) is 0 Å². The molecule has 0 saturated carbocycles. The van der Waals surface area contributed by atoms with E-state index < -0.39 is 11.9 Å². The van der Waals surface area contributed by atoms with Crippen molar-refractivity contribution in [1.29, 1.82) is 0 Å². The van der Waals surface area contributed by atoms with E-state index in [1.54, 1.807) is 0 Å². The van der Waals surface area contributed by atoms with Crippen LogP contribution in [0, 0.1) is 0 Å². The van der Waals surface area contributed by atoms with Crippen molar-refractivity contribution < 1.29 is 78.9 Å². The van der Waals surface area contributed by atoms with Gasteiger partial charge in [-0.3, -0.25) is 0 Å². The van der Waals surface area contributed by atoms with Gasteiger partial charge in [-0.05, 0) is 26.9 Å². The second-order valence-corrected chi connectivity index (χ2v) is 3.85. The number of likely N-dealkylation sites (N-methyl/N-ethyl adjacent to an activating group) is 2. The Bertz CT molecular complexity index is 218. The Morgan fingerprint density at radius 2 is 1.06 bits per heavy atom. The molecular weight excluding hydrogens is 258 g/mol. The van der Waals surface area contributed by atoms with Crippen LogP contribution in [0.4, 0.5) is 0 Å². The summed E-state index contributed by atoms with van der Waals surface area (Å²) in [6.07, 6.45) is 0.0263. The molecule has 0 radical (unpaired) electrons. The number of carboxylic acids is 2. The number of carboxylic acid groups (broad SMARTS) is 2. The van der Waals surface area contributed by atoms with Gasteiger partial charge in [-0.25, -0.2) is 0 Å². The van der Waals surface area contributed by atoms with Crippen molar-refractivity contribution >= 4 is 11.9 Å². The fraction of sp³-hybridized carbons (Fsp3) is 0.800. The average Bonchev–Trinajstić information content (AvgIpc) is 2.20. The first-order valence-corrected chi connectivity index (χ1v) is 5.18. The van der Waals surface area contributed by atoms with Gasteiger partial charge in [0.25, 0.3) is 0 Å². The standard InChI is InChI=1S/C10H20N2O4.2Na/c1-11(5-3-9(13)14)7-8-12(2)6-4-10(15)16;;/h3-8H2,1-2H3,(H,13,14)(H,15,16);;/q;2*+1/p-2. The number of carbonyl (C=O) groups excluding carboxylic acids is 2. The van der Waals surface area contributed by atoms with Crippen molar-refractivity contribution in [2.75, 3.05) is 40.3 Å². The fourth-order valence-corrected chi connectivity index (χ4v) is 1.13. The summed E-state index contributed by atoms with van der Waals surface area (Å²) in [6.45, 7) is 2.26. The molecule has 0 fully saturated rings. The number of carbonyl (C=O) groups is 2. The minimum atomic E-state index is -1.06. The molecule has 8 heteroatoms. The molecule has 0 aromatic rings. The molecule has 0 aliphatic rings. The SMILES string of the molecule is CN(CCC(=O)[O-])CCN(C)CCC(=O)[O-].[Na+].[Na+]. The van der Waals surface area contributed by atoms with Crippen LogP contribution in [0.5, 0.6) is 0 Å². The van der Waals surface area contributed by atoms with E-state index in [0.29, 0.717) is 26.2 Å². The van der Waals surface area contributed by atoms with Gasteiger partial charge in [-0.2, -0.15) is 0 Å². The molecule has 94 valence electrons. The zero-order valence-electron chi connectivity index (χ0n) is 11.8. The van der Waals surface area contributed by atoms with Crippen LogP contribution >= 0.6 is 0 Å².